The first kappa shape index (κ1) is 24.1. The molecule has 0 saturated heterocycles. The summed E-state index contributed by atoms with van der Waals surface area (Å²) in [5.41, 5.74) is 1.09. The molecule has 0 fully saturated rings. The molecule has 0 unspecified atom stereocenters. The van der Waals surface area contributed by atoms with Gasteiger partial charge in [0.1, 0.15) is 0 Å². The Hall–Kier alpha value is -1.95. The van der Waals surface area contributed by atoms with E-state index in [1.165, 1.54) is 0 Å². The molecule has 0 spiro atoms. The summed E-state index contributed by atoms with van der Waals surface area (Å²) in [7, 11) is -10.7. The topological polar surface area (TPSA) is 18.5 Å². The molecule has 28 heavy (non-hydrogen) atoms. The number of benzene rings is 2. The maximum absolute atomic E-state index is 10.7. The molecule has 1 radical (unpaired) electrons. The van der Waals surface area contributed by atoms with Crippen LogP contribution in [0.2, 0.25) is 0 Å². The van der Waals surface area contributed by atoms with E-state index in [-0.39, 0.29) is 17.1 Å². The fourth-order valence-electron chi connectivity index (χ4n) is 2.00. The first-order valence-corrected chi connectivity index (χ1v) is 9.60. The average molecular weight is 464 g/mol. The van der Waals surface area contributed by atoms with Crippen LogP contribution in [0.1, 0.15) is 5.56 Å². The van der Waals surface area contributed by atoms with E-state index < -0.39 is 7.81 Å². The standard InChI is InChI=1S/C13H10O2.C5H5.F6P.Fe/c1-9-5-4-8-12-13(9)15-11-7-3-2-6-10(11)14-12;1-2-4-5-3-1;1-7(2,3,4,5)6;/h2-8H,1H3;1-5H;;/q;;-1;. The summed E-state index contributed by atoms with van der Waals surface area (Å²) in [4.78, 5) is 0. The van der Waals surface area contributed by atoms with Gasteiger partial charge in [0.05, 0.1) is 0 Å². The Balaban J connectivity index is 0.000000254. The Morgan fingerprint density at radius 1 is 0.643 bits per heavy atom. The number of para-hydroxylation sites is 3. The zero-order valence-corrected chi connectivity index (χ0v) is 16.3. The van der Waals surface area contributed by atoms with Crippen LogP contribution in [0, 0.1) is 13.3 Å². The maximum atomic E-state index is 9.87. The minimum Gasteiger partial charge on any atom is -0.0767 e. The van der Waals surface area contributed by atoms with Crippen molar-refractivity contribution in [3.8, 4) is 23.0 Å². The first-order chi connectivity index (χ1) is 12.3. The molecule has 2 aromatic carbocycles. The van der Waals surface area contributed by atoms with Gasteiger partial charge in [-0.25, -0.2) is 0 Å². The fourth-order valence-corrected chi connectivity index (χ4v) is 2.00. The maximum Gasteiger partial charge on any atom is 0.00506 e. The Kier molecular flexibility index (Phi) is 7.05. The number of ether oxygens (including phenoxy) is 2. The molecule has 0 bridgehead atoms. The normalized spacial score (nSPS) is 15.4. The van der Waals surface area contributed by atoms with Crippen LogP contribution in [-0.4, -0.2) is 0 Å². The minimum atomic E-state index is -10.7. The van der Waals surface area contributed by atoms with Crippen molar-refractivity contribution in [2.75, 3.05) is 0 Å². The Bertz CT molecular complexity index is 858. The van der Waals surface area contributed by atoms with E-state index in [4.69, 9.17) is 9.47 Å². The molecule has 0 atom stereocenters. The van der Waals surface area contributed by atoms with Gasteiger partial charge in [0.25, 0.3) is 0 Å². The van der Waals surface area contributed by atoms with Crippen molar-refractivity contribution in [2.45, 2.75) is 6.92 Å². The Labute approximate surface area is 168 Å². The van der Waals surface area contributed by atoms with Crippen molar-refractivity contribution in [2.24, 2.45) is 0 Å². The van der Waals surface area contributed by atoms with Crippen LogP contribution in [0.3, 0.4) is 0 Å². The molecule has 1 aliphatic heterocycles. The van der Waals surface area contributed by atoms with Crippen LogP contribution >= 0.6 is 7.81 Å². The van der Waals surface area contributed by atoms with Crippen LogP contribution in [0.25, 0.3) is 0 Å². The molecule has 10 heteroatoms. The molecule has 2 nitrogen and oxygen atoms in total. The summed E-state index contributed by atoms with van der Waals surface area (Å²) >= 11 is 0. The van der Waals surface area contributed by atoms with Gasteiger partial charge >= 0.3 is 33.0 Å². The molecular weight excluding hydrogens is 449 g/mol. The third-order valence-corrected chi connectivity index (χ3v) is 3.01. The third-order valence-electron chi connectivity index (χ3n) is 3.01. The van der Waals surface area contributed by atoms with E-state index in [9.17, 15) is 25.2 Å². The predicted molar refractivity (Wildman–Crippen MR) is 93.9 cm³/mol. The Morgan fingerprint density at radius 3 is 1.57 bits per heavy atom. The van der Waals surface area contributed by atoms with Gasteiger partial charge in [-0.15, -0.1) is 0 Å². The predicted octanol–water partition coefficient (Wildman–Crippen LogP) is 8.59. The first-order valence-electron chi connectivity index (χ1n) is 7.57. The molecule has 2 aliphatic rings. The van der Waals surface area contributed by atoms with Gasteiger partial charge in [0.2, 0.25) is 0 Å². The van der Waals surface area contributed by atoms with Crippen molar-refractivity contribution in [3.05, 3.63) is 78.8 Å². The van der Waals surface area contributed by atoms with Crippen LogP contribution < -0.4 is 9.47 Å². The van der Waals surface area contributed by atoms with E-state index in [1.54, 1.807) is 0 Å². The smallest absolute Gasteiger partial charge is 0.00506 e. The monoisotopic (exact) mass is 464 g/mol. The summed E-state index contributed by atoms with van der Waals surface area (Å²) in [5.74, 6) is 3.15. The molecule has 2 aromatic rings. The van der Waals surface area contributed by atoms with E-state index in [0.29, 0.717) is 0 Å². The van der Waals surface area contributed by atoms with Crippen LogP contribution in [0.15, 0.2) is 66.8 Å². The molecular formula is C18H15F6FeO2P-. The van der Waals surface area contributed by atoms with Gasteiger partial charge in [-0.2, -0.15) is 0 Å². The van der Waals surface area contributed by atoms with Gasteiger partial charge < -0.3 is 9.47 Å². The molecule has 155 valence electrons. The summed E-state index contributed by atoms with van der Waals surface area (Å²) in [6, 6.07) is 13.6. The average Bonchev–Trinajstić information content (AvgIpc) is 3.10. The molecule has 0 saturated carbocycles. The summed E-state index contributed by atoms with van der Waals surface area (Å²) in [6.07, 6.45) is 10.0. The molecule has 1 aliphatic carbocycles. The Morgan fingerprint density at radius 2 is 1.11 bits per heavy atom. The second-order valence-electron chi connectivity index (χ2n) is 5.47. The van der Waals surface area contributed by atoms with Crippen LogP contribution in [-0.2, 0) is 17.1 Å². The van der Waals surface area contributed by atoms with Crippen LogP contribution in [0.4, 0.5) is 25.2 Å². The molecule has 0 N–H and O–H groups in total. The summed E-state index contributed by atoms with van der Waals surface area (Å²) in [6.45, 7) is 2.01. The van der Waals surface area contributed by atoms with Crippen LogP contribution in [0.5, 0.6) is 23.0 Å². The van der Waals surface area contributed by atoms with E-state index >= 15 is 0 Å². The second kappa shape index (κ2) is 8.19. The van der Waals surface area contributed by atoms with E-state index in [0.717, 1.165) is 28.6 Å². The number of fused-ring (bicyclic) bond motifs is 2. The van der Waals surface area contributed by atoms with Gasteiger partial charge in [-0.3, -0.25) is 0 Å². The number of aryl methyl sites for hydroxylation is 1. The molecule has 4 rings (SSSR count). The minimum absolute atomic E-state index is 0. The van der Waals surface area contributed by atoms with Crippen molar-refractivity contribution in [1.82, 2.24) is 0 Å². The second-order valence-corrected chi connectivity index (χ2v) is 7.39. The zero-order chi connectivity index (χ0) is 20.2. The van der Waals surface area contributed by atoms with Crippen molar-refractivity contribution >= 4 is 7.81 Å². The number of hydrogen-bond donors (Lipinski definition) is 0. The van der Waals surface area contributed by atoms with Gasteiger partial charge in [0, 0.05) is 23.5 Å². The van der Waals surface area contributed by atoms with Gasteiger partial charge in [-0.1, -0.05) is 48.6 Å². The van der Waals surface area contributed by atoms with Gasteiger partial charge in [0.15, 0.2) is 23.0 Å². The zero-order valence-electron chi connectivity index (χ0n) is 14.3. The number of allylic oxidation sites excluding steroid dienone is 4. The van der Waals surface area contributed by atoms with Crippen molar-refractivity contribution in [3.63, 3.8) is 0 Å². The van der Waals surface area contributed by atoms with Gasteiger partial charge in [-0.05, 0) is 30.7 Å². The quantitative estimate of drug-likeness (QED) is 0.189. The summed E-state index contributed by atoms with van der Waals surface area (Å²) < 4.78 is 70.7. The number of hydrogen-bond acceptors (Lipinski definition) is 2. The molecule has 1 heterocycles. The van der Waals surface area contributed by atoms with E-state index in [2.05, 4.69) is 0 Å². The van der Waals surface area contributed by atoms with Crippen molar-refractivity contribution < 1.29 is 51.7 Å². The van der Waals surface area contributed by atoms with Crippen molar-refractivity contribution in [1.29, 1.82) is 0 Å². The third kappa shape index (κ3) is 9.83. The SMILES string of the molecule is Cc1cccc2c1Oc1ccccc1O2.F[P-](F)(F)(F)(F)F.[CH]1C=CC=C1.[Fe]. The number of rotatable bonds is 0. The van der Waals surface area contributed by atoms with E-state index in [1.807, 2.05) is 80.1 Å². The largest absolute Gasteiger partial charge is 0.0767 e. The number of halogens is 6. The molecule has 0 aromatic heterocycles. The fraction of sp³-hybridized carbons (Fsp3) is 0.0556. The summed E-state index contributed by atoms with van der Waals surface area (Å²) in [5, 5.41) is 0. The molecule has 0 amide bonds.